The van der Waals surface area contributed by atoms with E-state index in [9.17, 15) is 12.8 Å². The van der Waals surface area contributed by atoms with Gasteiger partial charge in [0.05, 0.1) is 18.0 Å². The number of rotatable bonds is 4. The third-order valence-electron chi connectivity index (χ3n) is 2.60. The lowest BCUT2D eigenvalue weighted by atomic mass is 10.3. The summed E-state index contributed by atoms with van der Waals surface area (Å²) >= 11 is 0. The van der Waals surface area contributed by atoms with Crippen LogP contribution in [0.3, 0.4) is 0 Å². The Morgan fingerprint density at radius 3 is 2.68 bits per heavy atom. The van der Waals surface area contributed by atoms with Gasteiger partial charge in [0, 0.05) is 0 Å². The highest BCUT2D eigenvalue weighted by atomic mass is 32.2. The number of halogens is 1. The van der Waals surface area contributed by atoms with Crippen LogP contribution in [0.1, 0.15) is 18.7 Å². The van der Waals surface area contributed by atoms with Crippen molar-refractivity contribution in [1.82, 2.24) is 4.72 Å². The van der Waals surface area contributed by atoms with E-state index in [1.807, 2.05) is 0 Å². The van der Waals surface area contributed by atoms with Gasteiger partial charge in [-0.3, -0.25) is 0 Å². The number of furan rings is 1. The minimum atomic E-state index is -3.91. The monoisotopic (exact) mass is 284 g/mol. The highest BCUT2D eigenvalue weighted by Gasteiger charge is 2.23. The first-order chi connectivity index (χ1) is 8.92. The van der Waals surface area contributed by atoms with E-state index < -0.39 is 27.6 Å². The molecule has 7 heteroatoms. The highest BCUT2D eigenvalue weighted by Crippen LogP contribution is 2.23. The first kappa shape index (κ1) is 13.6. The fraction of sp³-hybridized carbons (Fsp3) is 0.167. The molecule has 5 nitrogen and oxygen atoms in total. The van der Waals surface area contributed by atoms with Crippen molar-refractivity contribution in [3.63, 3.8) is 0 Å². The maximum absolute atomic E-state index is 13.3. The number of nitrogens with two attached hydrogens (primary N) is 1. The maximum atomic E-state index is 13.3. The first-order valence-corrected chi connectivity index (χ1v) is 7.00. The molecule has 1 aromatic carbocycles. The fourth-order valence-electron chi connectivity index (χ4n) is 1.64. The molecule has 1 atom stereocenters. The van der Waals surface area contributed by atoms with E-state index in [-0.39, 0.29) is 4.90 Å². The second-order valence-corrected chi connectivity index (χ2v) is 5.69. The van der Waals surface area contributed by atoms with Crippen LogP contribution < -0.4 is 10.5 Å². The zero-order chi connectivity index (χ0) is 14.0. The Kier molecular flexibility index (Phi) is 3.59. The van der Waals surface area contributed by atoms with Gasteiger partial charge >= 0.3 is 0 Å². The molecule has 1 unspecified atom stereocenters. The molecule has 0 aliphatic rings. The molecule has 19 heavy (non-hydrogen) atoms. The van der Waals surface area contributed by atoms with E-state index in [4.69, 9.17) is 10.2 Å². The van der Waals surface area contributed by atoms with Crippen LogP contribution in [0.4, 0.5) is 10.1 Å². The molecule has 2 rings (SSSR count). The molecule has 0 aliphatic carbocycles. The molecule has 1 aromatic heterocycles. The molecule has 1 heterocycles. The van der Waals surface area contributed by atoms with E-state index in [0.29, 0.717) is 5.76 Å². The lowest BCUT2D eigenvalue weighted by molar-refractivity contribution is 0.459. The summed E-state index contributed by atoms with van der Waals surface area (Å²) in [5.41, 5.74) is 5.04. The lowest BCUT2D eigenvalue weighted by Crippen LogP contribution is -2.27. The van der Waals surface area contributed by atoms with Crippen molar-refractivity contribution in [1.29, 1.82) is 0 Å². The smallest absolute Gasteiger partial charge is 0.243 e. The van der Waals surface area contributed by atoms with Crippen molar-refractivity contribution < 1.29 is 17.2 Å². The minimum absolute atomic E-state index is 0.286. The second-order valence-electron chi connectivity index (χ2n) is 4.01. The lowest BCUT2D eigenvalue weighted by Gasteiger charge is -2.13. The van der Waals surface area contributed by atoms with Crippen molar-refractivity contribution in [3.05, 3.63) is 48.2 Å². The van der Waals surface area contributed by atoms with Gasteiger partial charge in [-0.2, -0.15) is 0 Å². The molecule has 0 fully saturated rings. The third-order valence-corrected chi connectivity index (χ3v) is 4.20. The number of sulfonamides is 1. The zero-order valence-corrected chi connectivity index (χ0v) is 10.9. The van der Waals surface area contributed by atoms with Gasteiger partial charge in [0.2, 0.25) is 10.0 Å². The minimum Gasteiger partial charge on any atom is -0.468 e. The van der Waals surface area contributed by atoms with Crippen LogP contribution in [0, 0.1) is 5.82 Å². The number of hydrogen-bond donors (Lipinski definition) is 2. The summed E-state index contributed by atoms with van der Waals surface area (Å²) < 4.78 is 45.0. The van der Waals surface area contributed by atoms with Crippen molar-refractivity contribution in [2.75, 3.05) is 5.73 Å². The van der Waals surface area contributed by atoms with Gasteiger partial charge in [-0.1, -0.05) is 6.07 Å². The van der Waals surface area contributed by atoms with Crippen LogP contribution in [0.15, 0.2) is 45.9 Å². The Morgan fingerprint density at radius 1 is 1.32 bits per heavy atom. The van der Waals surface area contributed by atoms with Gasteiger partial charge in [-0.15, -0.1) is 0 Å². The number of anilines is 1. The maximum Gasteiger partial charge on any atom is 0.243 e. The summed E-state index contributed by atoms with van der Waals surface area (Å²) in [6.45, 7) is 1.62. The van der Waals surface area contributed by atoms with Crippen LogP contribution in [-0.2, 0) is 10.0 Å². The Morgan fingerprint density at radius 2 is 2.05 bits per heavy atom. The van der Waals surface area contributed by atoms with Crippen molar-refractivity contribution in [2.24, 2.45) is 0 Å². The predicted molar refractivity (Wildman–Crippen MR) is 68.3 cm³/mol. The molecular weight excluding hydrogens is 271 g/mol. The molecule has 0 saturated heterocycles. The molecule has 3 N–H and O–H groups in total. The average Bonchev–Trinajstić information content (AvgIpc) is 2.85. The summed E-state index contributed by atoms with van der Waals surface area (Å²) in [6, 6.07) is 6.35. The van der Waals surface area contributed by atoms with E-state index in [1.54, 1.807) is 19.1 Å². The standard InChI is InChI=1S/C12H13FN2O3S/c1-8(10-5-3-7-18-10)15-19(16,17)11-6-2-4-9(13)12(11)14/h2-8,15H,14H2,1H3. The third kappa shape index (κ3) is 2.77. The number of nitrogen functional groups attached to an aromatic ring is 1. The van der Waals surface area contributed by atoms with Gasteiger partial charge in [0.25, 0.3) is 0 Å². The molecular formula is C12H13FN2O3S. The number of nitrogens with one attached hydrogen (secondary N) is 1. The van der Waals surface area contributed by atoms with E-state index in [1.165, 1.54) is 18.4 Å². The second kappa shape index (κ2) is 5.02. The van der Waals surface area contributed by atoms with Crippen molar-refractivity contribution in [2.45, 2.75) is 17.9 Å². The Balaban J connectivity index is 2.31. The summed E-state index contributed by atoms with van der Waals surface area (Å²) in [7, 11) is -3.91. The van der Waals surface area contributed by atoms with Crippen LogP contribution in [0.2, 0.25) is 0 Å². The Hall–Kier alpha value is -1.86. The summed E-state index contributed by atoms with van der Waals surface area (Å²) in [6.07, 6.45) is 1.44. The molecule has 0 saturated carbocycles. The van der Waals surface area contributed by atoms with Gasteiger partial charge in [-0.05, 0) is 31.2 Å². The molecule has 2 aromatic rings. The molecule has 0 bridgehead atoms. The van der Waals surface area contributed by atoms with Crippen LogP contribution in [-0.4, -0.2) is 8.42 Å². The molecule has 0 amide bonds. The van der Waals surface area contributed by atoms with Gasteiger partial charge < -0.3 is 10.2 Å². The SMILES string of the molecule is CC(NS(=O)(=O)c1cccc(F)c1N)c1ccco1. The van der Waals surface area contributed by atoms with Gasteiger partial charge in [0.15, 0.2) is 0 Å². The van der Waals surface area contributed by atoms with Crippen molar-refractivity contribution in [3.8, 4) is 0 Å². The zero-order valence-electron chi connectivity index (χ0n) is 10.1. The van der Waals surface area contributed by atoms with Gasteiger partial charge in [-0.25, -0.2) is 17.5 Å². The van der Waals surface area contributed by atoms with Crippen LogP contribution in [0.25, 0.3) is 0 Å². The highest BCUT2D eigenvalue weighted by molar-refractivity contribution is 7.89. The summed E-state index contributed by atoms with van der Waals surface area (Å²) in [5, 5.41) is 0. The summed E-state index contributed by atoms with van der Waals surface area (Å²) in [5.74, 6) is -0.313. The van der Waals surface area contributed by atoms with E-state index in [2.05, 4.69) is 4.72 Å². The first-order valence-electron chi connectivity index (χ1n) is 5.51. The molecule has 0 aliphatic heterocycles. The van der Waals surface area contributed by atoms with E-state index >= 15 is 0 Å². The van der Waals surface area contributed by atoms with E-state index in [0.717, 1.165) is 6.07 Å². The van der Waals surface area contributed by atoms with Gasteiger partial charge in [0.1, 0.15) is 16.5 Å². The number of hydrogen-bond acceptors (Lipinski definition) is 4. The molecule has 0 radical (unpaired) electrons. The Labute approximate surface area is 110 Å². The quantitative estimate of drug-likeness (QED) is 0.841. The Bertz CT molecular complexity index is 668. The average molecular weight is 284 g/mol. The topological polar surface area (TPSA) is 85.3 Å². The largest absolute Gasteiger partial charge is 0.468 e. The summed E-state index contributed by atoms with van der Waals surface area (Å²) in [4.78, 5) is -0.286. The fourth-order valence-corrected chi connectivity index (χ4v) is 3.00. The van der Waals surface area contributed by atoms with Crippen LogP contribution >= 0.6 is 0 Å². The number of para-hydroxylation sites is 1. The number of benzene rings is 1. The molecule has 0 spiro atoms. The van der Waals surface area contributed by atoms with Crippen molar-refractivity contribution >= 4 is 15.7 Å². The van der Waals surface area contributed by atoms with Crippen LogP contribution in [0.5, 0.6) is 0 Å². The predicted octanol–water partition coefficient (Wildman–Crippen LogP) is 2.04. The normalized spacial score (nSPS) is 13.4. The molecule has 102 valence electrons.